The molecule has 6 nitrogen and oxygen atoms in total. The molecule has 2 amide bonds. The SMILES string of the molecule is CCS(=O)(=O)CCN(C)C(=O)NCc1ccn(C)c1. The van der Waals surface area contributed by atoms with Crippen molar-refractivity contribution in [3.05, 3.63) is 24.0 Å². The second-order valence-electron chi connectivity index (χ2n) is 4.50. The zero-order chi connectivity index (χ0) is 14.5. The van der Waals surface area contributed by atoms with E-state index in [1.165, 1.54) is 4.90 Å². The summed E-state index contributed by atoms with van der Waals surface area (Å²) in [5, 5.41) is 2.75. The van der Waals surface area contributed by atoms with Crippen molar-refractivity contribution >= 4 is 15.9 Å². The molecule has 0 aromatic carbocycles. The van der Waals surface area contributed by atoms with Gasteiger partial charge in [0, 0.05) is 45.3 Å². The molecule has 0 aliphatic heterocycles. The molecule has 0 aliphatic rings. The van der Waals surface area contributed by atoms with Gasteiger partial charge in [-0.05, 0) is 11.6 Å². The van der Waals surface area contributed by atoms with Crippen molar-refractivity contribution in [2.45, 2.75) is 13.5 Å². The van der Waals surface area contributed by atoms with E-state index in [0.717, 1.165) is 5.56 Å². The van der Waals surface area contributed by atoms with Gasteiger partial charge in [0.2, 0.25) is 0 Å². The van der Waals surface area contributed by atoms with E-state index >= 15 is 0 Å². The Balaban J connectivity index is 2.37. The summed E-state index contributed by atoms with van der Waals surface area (Å²) in [5.41, 5.74) is 1.01. The van der Waals surface area contributed by atoms with E-state index in [1.54, 1.807) is 14.0 Å². The maximum absolute atomic E-state index is 11.7. The molecule has 0 aliphatic carbocycles. The van der Waals surface area contributed by atoms with E-state index in [-0.39, 0.29) is 24.1 Å². The molecular weight excluding hydrogens is 266 g/mol. The lowest BCUT2D eigenvalue weighted by molar-refractivity contribution is 0.211. The van der Waals surface area contributed by atoms with Gasteiger partial charge in [0.15, 0.2) is 9.84 Å². The molecule has 0 saturated carbocycles. The number of aryl methyl sites for hydroxylation is 1. The van der Waals surface area contributed by atoms with E-state index in [4.69, 9.17) is 0 Å². The molecule has 1 aromatic heterocycles. The first-order valence-electron chi connectivity index (χ1n) is 6.14. The number of nitrogens with zero attached hydrogens (tertiary/aromatic N) is 2. The monoisotopic (exact) mass is 287 g/mol. The summed E-state index contributed by atoms with van der Waals surface area (Å²) in [4.78, 5) is 13.1. The minimum absolute atomic E-state index is 0.00123. The molecule has 7 heteroatoms. The number of urea groups is 1. The highest BCUT2D eigenvalue weighted by atomic mass is 32.2. The lowest BCUT2D eigenvalue weighted by atomic mass is 10.3. The summed E-state index contributed by atoms with van der Waals surface area (Å²) in [6.45, 7) is 2.24. The molecule has 0 spiro atoms. The molecule has 19 heavy (non-hydrogen) atoms. The lowest BCUT2D eigenvalue weighted by Gasteiger charge is -2.17. The van der Waals surface area contributed by atoms with Crippen molar-refractivity contribution in [3.63, 3.8) is 0 Å². The fraction of sp³-hybridized carbons (Fsp3) is 0.583. The number of sulfone groups is 1. The number of carbonyl (C=O) groups excluding carboxylic acids is 1. The minimum Gasteiger partial charge on any atom is -0.357 e. The number of amides is 2. The average Bonchev–Trinajstić information content (AvgIpc) is 2.79. The molecule has 0 unspecified atom stereocenters. The largest absolute Gasteiger partial charge is 0.357 e. The maximum atomic E-state index is 11.7. The van der Waals surface area contributed by atoms with Crippen molar-refractivity contribution < 1.29 is 13.2 Å². The number of carbonyl (C=O) groups is 1. The Labute approximate surface area is 114 Å². The molecule has 0 fully saturated rings. The molecular formula is C12H21N3O3S. The Hall–Kier alpha value is -1.50. The van der Waals surface area contributed by atoms with Gasteiger partial charge in [-0.3, -0.25) is 0 Å². The van der Waals surface area contributed by atoms with Crippen LogP contribution >= 0.6 is 0 Å². The van der Waals surface area contributed by atoms with Crippen LogP contribution in [0.3, 0.4) is 0 Å². The van der Waals surface area contributed by atoms with Crippen LogP contribution in [0.5, 0.6) is 0 Å². The molecule has 108 valence electrons. The molecule has 0 atom stereocenters. The van der Waals surface area contributed by atoms with Gasteiger partial charge in [-0.25, -0.2) is 13.2 Å². The van der Waals surface area contributed by atoms with Crippen molar-refractivity contribution in [2.24, 2.45) is 7.05 Å². The van der Waals surface area contributed by atoms with Crippen LogP contribution in [0.2, 0.25) is 0 Å². The van der Waals surface area contributed by atoms with Gasteiger partial charge in [0.05, 0.1) is 5.75 Å². The topological polar surface area (TPSA) is 71.4 Å². The van der Waals surface area contributed by atoms with E-state index < -0.39 is 9.84 Å². The molecule has 1 heterocycles. The van der Waals surface area contributed by atoms with Crippen molar-refractivity contribution in [1.29, 1.82) is 0 Å². The van der Waals surface area contributed by atoms with Crippen LogP contribution < -0.4 is 5.32 Å². The fourth-order valence-electron chi connectivity index (χ4n) is 1.50. The highest BCUT2D eigenvalue weighted by molar-refractivity contribution is 7.91. The third-order valence-corrected chi connectivity index (χ3v) is 4.55. The smallest absolute Gasteiger partial charge is 0.317 e. The zero-order valence-corrected chi connectivity index (χ0v) is 12.4. The summed E-state index contributed by atoms with van der Waals surface area (Å²) in [7, 11) is 0.462. The number of hydrogen-bond acceptors (Lipinski definition) is 3. The number of rotatable bonds is 6. The highest BCUT2D eigenvalue weighted by Gasteiger charge is 2.13. The number of aromatic nitrogens is 1. The second kappa shape index (κ2) is 6.60. The summed E-state index contributed by atoms with van der Waals surface area (Å²) in [6, 6.07) is 1.65. The molecule has 0 bridgehead atoms. The third kappa shape index (κ3) is 5.34. The van der Waals surface area contributed by atoms with Gasteiger partial charge >= 0.3 is 6.03 Å². The maximum Gasteiger partial charge on any atom is 0.317 e. The fourth-order valence-corrected chi connectivity index (χ4v) is 2.34. The van der Waals surface area contributed by atoms with Crippen molar-refractivity contribution in [1.82, 2.24) is 14.8 Å². The zero-order valence-electron chi connectivity index (χ0n) is 11.6. The first-order valence-corrected chi connectivity index (χ1v) is 7.96. The van der Waals surface area contributed by atoms with Crippen molar-refractivity contribution in [2.75, 3.05) is 25.1 Å². The van der Waals surface area contributed by atoms with Crippen LogP contribution in [0.1, 0.15) is 12.5 Å². The molecule has 1 aromatic rings. The first-order chi connectivity index (χ1) is 8.84. The Morgan fingerprint density at radius 3 is 2.68 bits per heavy atom. The normalized spacial score (nSPS) is 11.3. The van der Waals surface area contributed by atoms with E-state index in [9.17, 15) is 13.2 Å². The number of hydrogen-bond donors (Lipinski definition) is 1. The second-order valence-corrected chi connectivity index (χ2v) is 6.97. The summed E-state index contributed by atoms with van der Waals surface area (Å²) in [6.07, 6.45) is 3.82. The summed E-state index contributed by atoms with van der Waals surface area (Å²) >= 11 is 0. The van der Waals surface area contributed by atoms with Gasteiger partial charge in [0.25, 0.3) is 0 Å². The quantitative estimate of drug-likeness (QED) is 0.833. The Morgan fingerprint density at radius 2 is 2.16 bits per heavy atom. The Kier molecular flexibility index (Phi) is 5.41. The van der Waals surface area contributed by atoms with Crippen molar-refractivity contribution in [3.8, 4) is 0 Å². The predicted molar refractivity (Wildman–Crippen MR) is 74.6 cm³/mol. The predicted octanol–water partition coefficient (Wildman–Crippen LogP) is 0.601. The summed E-state index contributed by atoms with van der Waals surface area (Å²) < 4.78 is 24.6. The average molecular weight is 287 g/mol. The van der Waals surface area contributed by atoms with Crippen LogP contribution in [0, 0.1) is 0 Å². The van der Waals surface area contributed by atoms with E-state index in [2.05, 4.69) is 5.32 Å². The minimum atomic E-state index is -3.04. The molecule has 0 radical (unpaired) electrons. The lowest BCUT2D eigenvalue weighted by Crippen LogP contribution is -2.39. The molecule has 0 saturated heterocycles. The third-order valence-electron chi connectivity index (χ3n) is 2.86. The molecule has 1 N–H and O–H groups in total. The van der Waals surface area contributed by atoms with Gasteiger partial charge < -0.3 is 14.8 Å². The van der Waals surface area contributed by atoms with Crippen LogP contribution in [-0.4, -0.2) is 49.0 Å². The van der Waals surface area contributed by atoms with Gasteiger partial charge in [-0.2, -0.15) is 0 Å². The van der Waals surface area contributed by atoms with E-state index in [0.29, 0.717) is 6.54 Å². The number of nitrogens with one attached hydrogen (secondary N) is 1. The molecule has 1 rings (SSSR count). The van der Waals surface area contributed by atoms with Crippen LogP contribution in [0.4, 0.5) is 4.79 Å². The van der Waals surface area contributed by atoms with Gasteiger partial charge in [-0.15, -0.1) is 0 Å². The standard InChI is InChI=1S/C12H21N3O3S/c1-4-19(17,18)8-7-15(3)12(16)13-9-11-5-6-14(2)10-11/h5-6,10H,4,7-9H2,1-3H3,(H,13,16). The first kappa shape index (κ1) is 15.6. The van der Waals surface area contributed by atoms with E-state index in [1.807, 2.05) is 30.1 Å². The van der Waals surface area contributed by atoms with Crippen LogP contribution in [0.25, 0.3) is 0 Å². The summed E-state index contributed by atoms with van der Waals surface area (Å²) in [5.74, 6) is 0.102. The van der Waals surface area contributed by atoms with Crippen LogP contribution in [-0.2, 0) is 23.4 Å². The van der Waals surface area contributed by atoms with Gasteiger partial charge in [-0.1, -0.05) is 6.92 Å². The Morgan fingerprint density at radius 1 is 1.47 bits per heavy atom. The Bertz CT molecular complexity index is 522. The van der Waals surface area contributed by atoms with Crippen LogP contribution in [0.15, 0.2) is 18.5 Å². The highest BCUT2D eigenvalue weighted by Crippen LogP contribution is 1.99. The van der Waals surface area contributed by atoms with Gasteiger partial charge in [0.1, 0.15) is 0 Å².